The molecule has 19 heavy (non-hydrogen) atoms. The third-order valence-electron chi connectivity index (χ3n) is 3.12. The van der Waals surface area contributed by atoms with E-state index in [2.05, 4.69) is 51.0 Å². The molecular weight excluding hydrogens is 300 g/mol. The monoisotopic (exact) mass is 312 g/mol. The zero-order valence-corrected chi connectivity index (χ0v) is 12.1. The minimum atomic E-state index is 0.964. The fraction of sp³-hybridized carbons (Fsp3) is 0.0625. The van der Waals surface area contributed by atoms with Gasteiger partial charge in [0.1, 0.15) is 0 Å². The highest BCUT2D eigenvalue weighted by Crippen LogP contribution is 2.22. The number of hydrogen-bond acceptors (Lipinski definition) is 1. The number of fused-ring (bicyclic) bond motifs is 1. The van der Waals surface area contributed by atoms with Crippen LogP contribution in [-0.2, 0) is 0 Å². The lowest BCUT2D eigenvalue weighted by Gasteiger charge is -1.98. The van der Waals surface area contributed by atoms with Gasteiger partial charge in [-0.05, 0) is 36.8 Å². The van der Waals surface area contributed by atoms with Gasteiger partial charge in [0.2, 0.25) is 0 Å². The van der Waals surface area contributed by atoms with Crippen molar-refractivity contribution in [2.24, 2.45) is 4.99 Å². The maximum Gasteiger partial charge on any atom is 0.0633 e. The van der Waals surface area contributed by atoms with Crippen LogP contribution >= 0.6 is 15.9 Å². The van der Waals surface area contributed by atoms with E-state index in [4.69, 9.17) is 0 Å². The molecule has 3 heteroatoms. The van der Waals surface area contributed by atoms with Gasteiger partial charge in [-0.15, -0.1) is 0 Å². The van der Waals surface area contributed by atoms with Crippen molar-refractivity contribution in [1.82, 2.24) is 4.98 Å². The summed E-state index contributed by atoms with van der Waals surface area (Å²) in [5.41, 5.74) is 4.40. The maximum atomic E-state index is 4.53. The number of halogens is 1. The number of H-pyrrole nitrogens is 1. The first-order chi connectivity index (χ1) is 9.24. The summed E-state index contributed by atoms with van der Waals surface area (Å²) in [5, 5.41) is 1.19. The van der Waals surface area contributed by atoms with Crippen molar-refractivity contribution >= 4 is 38.7 Å². The van der Waals surface area contributed by atoms with Crippen LogP contribution in [0.15, 0.2) is 58.1 Å². The second-order valence-corrected chi connectivity index (χ2v) is 5.34. The van der Waals surface area contributed by atoms with E-state index in [0.717, 1.165) is 21.2 Å². The van der Waals surface area contributed by atoms with Gasteiger partial charge in [0.15, 0.2) is 0 Å². The number of hydrogen-bond donors (Lipinski definition) is 1. The van der Waals surface area contributed by atoms with Crippen molar-refractivity contribution in [3.8, 4) is 0 Å². The molecule has 0 aliphatic rings. The van der Waals surface area contributed by atoms with Crippen molar-refractivity contribution in [2.75, 3.05) is 0 Å². The quantitative estimate of drug-likeness (QED) is 0.646. The average Bonchev–Trinajstić information content (AvgIpc) is 2.83. The Morgan fingerprint density at radius 1 is 1.16 bits per heavy atom. The van der Waals surface area contributed by atoms with E-state index in [-0.39, 0.29) is 0 Å². The molecule has 0 saturated carbocycles. The first-order valence-electron chi connectivity index (χ1n) is 6.10. The second-order valence-electron chi connectivity index (χ2n) is 4.48. The zero-order valence-electron chi connectivity index (χ0n) is 10.5. The number of aromatic nitrogens is 1. The molecule has 0 radical (unpaired) electrons. The fourth-order valence-electron chi connectivity index (χ4n) is 2.05. The van der Waals surface area contributed by atoms with E-state index < -0.39 is 0 Å². The van der Waals surface area contributed by atoms with Crippen LogP contribution in [0.1, 0.15) is 11.1 Å². The molecule has 3 aromatic rings. The van der Waals surface area contributed by atoms with Crippen LogP contribution in [0.2, 0.25) is 0 Å². The summed E-state index contributed by atoms with van der Waals surface area (Å²) in [4.78, 5) is 7.78. The van der Waals surface area contributed by atoms with Gasteiger partial charge in [-0.2, -0.15) is 0 Å². The molecule has 2 aromatic carbocycles. The standard InChI is InChI=1S/C16H13BrN2/c1-11-8-13(6-7-15(11)17)18-9-12-10-19-16-5-3-2-4-14(12)16/h2-10,19H,1H3. The molecule has 2 nitrogen and oxygen atoms in total. The molecule has 3 rings (SSSR count). The molecule has 0 saturated heterocycles. The number of rotatable bonds is 2. The average molecular weight is 313 g/mol. The van der Waals surface area contributed by atoms with Crippen LogP contribution in [0.25, 0.3) is 10.9 Å². The minimum absolute atomic E-state index is 0.964. The van der Waals surface area contributed by atoms with Crippen LogP contribution in [0.4, 0.5) is 5.69 Å². The van der Waals surface area contributed by atoms with Crippen molar-refractivity contribution in [1.29, 1.82) is 0 Å². The molecule has 0 aliphatic heterocycles. The lowest BCUT2D eigenvalue weighted by molar-refractivity contribution is 1.40. The van der Waals surface area contributed by atoms with Crippen LogP contribution in [-0.4, -0.2) is 11.2 Å². The highest BCUT2D eigenvalue weighted by Gasteiger charge is 2.00. The molecule has 94 valence electrons. The molecule has 0 atom stereocenters. The Labute approximate surface area is 120 Å². The van der Waals surface area contributed by atoms with Crippen LogP contribution in [0, 0.1) is 6.92 Å². The normalized spacial score (nSPS) is 11.5. The lowest BCUT2D eigenvalue weighted by atomic mass is 10.2. The largest absolute Gasteiger partial charge is 0.361 e. The van der Waals surface area contributed by atoms with Gasteiger partial charge < -0.3 is 4.98 Å². The maximum absolute atomic E-state index is 4.53. The van der Waals surface area contributed by atoms with Gasteiger partial charge in [0.25, 0.3) is 0 Å². The van der Waals surface area contributed by atoms with Gasteiger partial charge in [0, 0.05) is 33.4 Å². The number of aryl methyl sites for hydroxylation is 1. The van der Waals surface area contributed by atoms with Crippen molar-refractivity contribution in [3.63, 3.8) is 0 Å². The number of aromatic amines is 1. The first-order valence-corrected chi connectivity index (χ1v) is 6.90. The molecule has 0 amide bonds. The third-order valence-corrected chi connectivity index (χ3v) is 4.01. The summed E-state index contributed by atoms with van der Waals surface area (Å²) in [6.45, 7) is 2.06. The van der Waals surface area contributed by atoms with E-state index in [1.165, 1.54) is 10.9 Å². The summed E-state index contributed by atoms with van der Waals surface area (Å²) in [7, 11) is 0. The Hall–Kier alpha value is -1.87. The zero-order chi connectivity index (χ0) is 13.2. The Bertz CT molecular complexity index is 756. The Kier molecular flexibility index (Phi) is 3.22. The molecule has 0 aliphatic carbocycles. The molecule has 1 heterocycles. The van der Waals surface area contributed by atoms with Crippen molar-refractivity contribution < 1.29 is 0 Å². The predicted molar refractivity (Wildman–Crippen MR) is 84.4 cm³/mol. The van der Waals surface area contributed by atoms with Gasteiger partial charge in [-0.25, -0.2) is 0 Å². The fourth-order valence-corrected chi connectivity index (χ4v) is 2.30. The third kappa shape index (κ3) is 2.47. The lowest BCUT2D eigenvalue weighted by Crippen LogP contribution is -1.78. The minimum Gasteiger partial charge on any atom is -0.361 e. The topological polar surface area (TPSA) is 28.1 Å². The van der Waals surface area contributed by atoms with Gasteiger partial charge in [0.05, 0.1) is 5.69 Å². The smallest absolute Gasteiger partial charge is 0.0633 e. The molecule has 0 fully saturated rings. The van der Waals surface area contributed by atoms with E-state index in [0.29, 0.717) is 0 Å². The van der Waals surface area contributed by atoms with E-state index in [1.807, 2.05) is 36.7 Å². The number of benzene rings is 2. The summed E-state index contributed by atoms with van der Waals surface area (Å²) in [5.74, 6) is 0. The van der Waals surface area contributed by atoms with Crippen LogP contribution < -0.4 is 0 Å². The molecule has 0 unspecified atom stereocenters. The van der Waals surface area contributed by atoms with E-state index in [1.54, 1.807) is 0 Å². The van der Waals surface area contributed by atoms with Crippen molar-refractivity contribution in [2.45, 2.75) is 6.92 Å². The SMILES string of the molecule is Cc1cc(N=Cc2c[nH]c3ccccc23)ccc1Br. The highest BCUT2D eigenvalue weighted by atomic mass is 79.9. The number of nitrogens with zero attached hydrogens (tertiary/aromatic N) is 1. The molecule has 1 N–H and O–H groups in total. The highest BCUT2D eigenvalue weighted by molar-refractivity contribution is 9.10. The Morgan fingerprint density at radius 3 is 2.84 bits per heavy atom. The van der Waals surface area contributed by atoms with Crippen LogP contribution in [0.3, 0.4) is 0 Å². The van der Waals surface area contributed by atoms with Crippen molar-refractivity contribution in [3.05, 3.63) is 64.3 Å². The second kappa shape index (κ2) is 5.02. The summed E-state index contributed by atoms with van der Waals surface area (Å²) < 4.78 is 1.11. The van der Waals surface area contributed by atoms with E-state index >= 15 is 0 Å². The predicted octanol–water partition coefficient (Wildman–Crippen LogP) is 4.99. The Balaban J connectivity index is 1.96. The number of nitrogens with one attached hydrogen (secondary N) is 1. The van der Waals surface area contributed by atoms with E-state index in [9.17, 15) is 0 Å². The summed E-state index contributed by atoms with van der Waals surface area (Å²) in [6.07, 6.45) is 3.89. The first kappa shape index (κ1) is 12.2. The number of para-hydroxylation sites is 1. The molecule has 0 spiro atoms. The molecular formula is C16H13BrN2. The molecule has 0 bridgehead atoms. The summed E-state index contributed by atoms with van der Waals surface area (Å²) >= 11 is 3.49. The van der Waals surface area contributed by atoms with Gasteiger partial charge >= 0.3 is 0 Å². The molecule has 1 aromatic heterocycles. The summed E-state index contributed by atoms with van der Waals surface area (Å²) in [6, 6.07) is 14.3. The van der Waals surface area contributed by atoms with Gasteiger partial charge in [-0.3, -0.25) is 4.99 Å². The van der Waals surface area contributed by atoms with Crippen LogP contribution in [0.5, 0.6) is 0 Å². The Morgan fingerprint density at radius 2 is 2.00 bits per heavy atom. The number of aliphatic imine (C=N–C) groups is 1. The van der Waals surface area contributed by atoms with Gasteiger partial charge in [-0.1, -0.05) is 34.1 Å².